The Morgan fingerprint density at radius 1 is 1.36 bits per heavy atom. The molecule has 1 fully saturated rings. The number of nitrogens with one attached hydrogen (secondary N) is 1. The van der Waals surface area contributed by atoms with Gasteiger partial charge in [-0.3, -0.25) is 9.69 Å². The monoisotopic (exact) mass is 397 g/mol. The molecule has 1 aliphatic rings. The Kier molecular flexibility index (Phi) is 6.34. The molecule has 0 saturated carbocycles. The van der Waals surface area contributed by atoms with Gasteiger partial charge in [0.25, 0.3) is 0 Å². The molecule has 4 nitrogen and oxygen atoms in total. The zero-order chi connectivity index (χ0) is 17.8. The number of anilines is 1. The standard InChI is InChI=1S/C18H21Cl2N3OS/c1-12-5-7-23(8-6-12)11-16(24)22-18-21-10-14(25-18)9-13-3-2-4-15(19)17(13)20/h2-4,10,12H,5-9,11H2,1H3,(H,21,22,24). The number of halogens is 2. The summed E-state index contributed by atoms with van der Waals surface area (Å²) in [4.78, 5) is 19.7. The lowest BCUT2D eigenvalue weighted by atomic mass is 9.99. The lowest BCUT2D eigenvalue weighted by molar-refractivity contribution is -0.117. The molecule has 3 rings (SSSR count). The molecule has 1 saturated heterocycles. The highest BCUT2D eigenvalue weighted by molar-refractivity contribution is 7.15. The summed E-state index contributed by atoms with van der Waals surface area (Å²) < 4.78 is 0. The molecule has 25 heavy (non-hydrogen) atoms. The molecule has 1 aromatic heterocycles. The van der Waals surface area contributed by atoms with Gasteiger partial charge in [-0.1, -0.05) is 42.3 Å². The molecule has 1 aliphatic heterocycles. The Morgan fingerprint density at radius 3 is 2.88 bits per heavy atom. The van der Waals surface area contributed by atoms with Crippen molar-refractivity contribution >= 4 is 45.6 Å². The minimum atomic E-state index is -0.00348. The second-order valence-electron chi connectivity index (χ2n) is 6.53. The highest BCUT2D eigenvalue weighted by Crippen LogP contribution is 2.29. The molecule has 0 atom stereocenters. The molecule has 1 amide bonds. The summed E-state index contributed by atoms with van der Waals surface area (Å²) in [6, 6.07) is 5.60. The van der Waals surface area contributed by atoms with E-state index in [9.17, 15) is 4.79 Å². The SMILES string of the molecule is CC1CCN(CC(=O)Nc2ncc(Cc3cccc(Cl)c3Cl)s2)CC1. The van der Waals surface area contributed by atoms with Crippen molar-refractivity contribution < 1.29 is 4.79 Å². The van der Waals surface area contributed by atoms with Gasteiger partial charge in [-0.15, -0.1) is 11.3 Å². The van der Waals surface area contributed by atoms with E-state index >= 15 is 0 Å². The van der Waals surface area contributed by atoms with Gasteiger partial charge in [-0.25, -0.2) is 4.98 Å². The first-order chi connectivity index (χ1) is 12.0. The van der Waals surface area contributed by atoms with Crippen LogP contribution in [-0.4, -0.2) is 35.4 Å². The van der Waals surface area contributed by atoms with E-state index < -0.39 is 0 Å². The number of piperidine rings is 1. The Morgan fingerprint density at radius 2 is 2.12 bits per heavy atom. The number of hydrogen-bond donors (Lipinski definition) is 1. The molecule has 0 aliphatic carbocycles. The van der Waals surface area contributed by atoms with Crippen molar-refractivity contribution in [2.24, 2.45) is 5.92 Å². The number of carbonyl (C=O) groups excluding carboxylic acids is 1. The number of amides is 1. The van der Waals surface area contributed by atoms with Crippen LogP contribution in [0.5, 0.6) is 0 Å². The van der Waals surface area contributed by atoms with Crippen LogP contribution in [0.1, 0.15) is 30.2 Å². The van der Waals surface area contributed by atoms with E-state index in [4.69, 9.17) is 23.2 Å². The average molecular weight is 398 g/mol. The zero-order valence-electron chi connectivity index (χ0n) is 14.1. The lowest BCUT2D eigenvalue weighted by Gasteiger charge is -2.29. The molecule has 2 heterocycles. The number of rotatable bonds is 5. The van der Waals surface area contributed by atoms with E-state index in [1.165, 1.54) is 11.3 Å². The first-order valence-electron chi connectivity index (χ1n) is 8.41. The minimum Gasteiger partial charge on any atom is -0.301 e. The molecule has 0 unspecified atom stereocenters. The van der Waals surface area contributed by atoms with E-state index in [1.54, 1.807) is 12.3 Å². The fourth-order valence-corrected chi connectivity index (χ4v) is 4.14. The Bertz CT molecular complexity index is 742. The minimum absolute atomic E-state index is 0.00348. The third-order valence-corrected chi connectivity index (χ3v) is 6.21. The number of nitrogens with zero attached hydrogens (tertiary/aromatic N) is 2. The molecule has 0 radical (unpaired) electrons. The fraction of sp³-hybridized carbons (Fsp3) is 0.444. The molecular formula is C18H21Cl2N3OS. The van der Waals surface area contributed by atoms with Crippen LogP contribution in [0.15, 0.2) is 24.4 Å². The fourth-order valence-electron chi connectivity index (χ4n) is 2.90. The number of hydrogen-bond acceptors (Lipinski definition) is 4. The Hall–Kier alpha value is -1.14. The van der Waals surface area contributed by atoms with Crippen LogP contribution >= 0.6 is 34.5 Å². The second kappa shape index (κ2) is 8.49. The summed E-state index contributed by atoms with van der Waals surface area (Å²) >= 11 is 13.7. The van der Waals surface area contributed by atoms with Gasteiger partial charge in [0, 0.05) is 17.5 Å². The zero-order valence-corrected chi connectivity index (χ0v) is 16.4. The summed E-state index contributed by atoms with van der Waals surface area (Å²) in [7, 11) is 0. The summed E-state index contributed by atoms with van der Waals surface area (Å²) in [5, 5.41) is 4.65. The largest absolute Gasteiger partial charge is 0.301 e. The topological polar surface area (TPSA) is 45.2 Å². The van der Waals surface area contributed by atoms with Crippen molar-refractivity contribution in [2.45, 2.75) is 26.2 Å². The highest BCUT2D eigenvalue weighted by Gasteiger charge is 2.18. The van der Waals surface area contributed by atoms with Crippen LogP contribution in [0.4, 0.5) is 5.13 Å². The summed E-state index contributed by atoms with van der Waals surface area (Å²) in [5.41, 5.74) is 0.957. The first kappa shape index (κ1) is 18.6. The van der Waals surface area contributed by atoms with Gasteiger partial charge in [0.1, 0.15) is 0 Å². The van der Waals surface area contributed by atoms with Crippen LogP contribution in [0.25, 0.3) is 0 Å². The van der Waals surface area contributed by atoms with E-state index in [0.29, 0.717) is 28.1 Å². The van der Waals surface area contributed by atoms with Crippen LogP contribution in [0.3, 0.4) is 0 Å². The lowest BCUT2D eigenvalue weighted by Crippen LogP contribution is -2.38. The van der Waals surface area contributed by atoms with Gasteiger partial charge in [0.05, 0.1) is 16.6 Å². The van der Waals surface area contributed by atoms with Crippen molar-refractivity contribution in [3.63, 3.8) is 0 Å². The summed E-state index contributed by atoms with van der Waals surface area (Å²) in [6.07, 6.45) is 4.75. The molecule has 0 spiro atoms. The first-order valence-corrected chi connectivity index (χ1v) is 9.98. The molecule has 134 valence electrons. The van der Waals surface area contributed by atoms with Gasteiger partial charge < -0.3 is 5.32 Å². The van der Waals surface area contributed by atoms with Crippen LogP contribution in [0.2, 0.25) is 10.0 Å². The smallest absolute Gasteiger partial charge is 0.240 e. The number of benzene rings is 1. The molecule has 0 bridgehead atoms. The van der Waals surface area contributed by atoms with Crippen molar-refractivity contribution in [2.75, 3.05) is 25.0 Å². The van der Waals surface area contributed by atoms with Gasteiger partial charge in [0.2, 0.25) is 5.91 Å². The molecule has 2 aromatic rings. The van der Waals surface area contributed by atoms with Crippen molar-refractivity contribution in [1.29, 1.82) is 0 Å². The van der Waals surface area contributed by atoms with Gasteiger partial charge in [0.15, 0.2) is 5.13 Å². The third kappa shape index (κ3) is 5.17. The molecule has 7 heteroatoms. The van der Waals surface area contributed by atoms with E-state index in [-0.39, 0.29) is 5.91 Å². The normalized spacial score (nSPS) is 16.1. The van der Waals surface area contributed by atoms with Gasteiger partial charge in [-0.2, -0.15) is 0 Å². The van der Waals surface area contributed by atoms with Gasteiger partial charge in [-0.05, 0) is 43.5 Å². The Labute approximate surface area is 162 Å². The third-order valence-electron chi connectivity index (χ3n) is 4.44. The highest BCUT2D eigenvalue weighted by atomic mass is 35.5. The maximum atomic E-state index is 12.2. The number of thiazole rings is 1. The van der Waals surface area contributed by atoms with Gasteiger partial charge >= 0.3 is 0 Å². The average Bonchev–Trinajstić information content (AvgIpc) is 3.01. The molecule has 1 aromatic carbocycles. The van der Waals surface area contributed by atoms with Crippen LogP contribution < -0.4 is 5.32 Å². The number of carbonyl (C=O) groups is 1. The van der Waals surface area contributed by atoms with Crippen molar-refractivity contribution in [3.8, 4) is 0 Å². The van der Waals surface area contributed by atoms with Crippen LogP contribution in [0, 0.1) is 5.92 Å². The molecule has 1 N–H and O–H groups in total. The summed E-state index contributed by atoms with van der Waals surface area (Å²) in [6.45, 7) is 4.68. The van der Waals surface area contributed by atoms with Crippen molar-refractivity contribution in [3.05, 3.63) is 44.9 Å². The van der Waals surface area contributed by atoms with Crippen molar-refractivity contribution in [1.82, 2.24) is 9.88 Å². The number of aromatic nitrogens is 1. The maximum absolute atomic E-state index is 12.2. The van der Waals surface area contributed by atoms with Crippen LogP contribution in [-0.2, 0) is 11.2 Å². The number of likely N-dealkylation sites (tertiary alicyclic amines) is 1. The maximum Gasteiger partial charge on any atom is 0.240 e. The quantitative estimate of drug-likeness (QED) is 0.793. The summed E-state index contributed by atoms with van der Waals surface area (Å²) in [5.74, 6) is 0.760. The Balaban J connectivity index is 1.54. The van der Waals surface area contributed by atoms with E-state index in [2.05, 4.69) is 22.1 Å². The van der Waals surface area contributed by atoms with E-state index in [1.807, 2.05) is 12.1 Å². The van der Waals surface area contributed by atoms with E-state index in [0.717, 1.165) is 42.3 Å². The second-order valence-corrected chi connectivity index (χ2v) is 8.43. The molecular weight excluding hydrogens is 377 g/mol. The predicted molar refractivity (Wildman–Crippen MR) is 105 cm³/mol. The predicted octanol–water partition coefficient (Wildman–Crippen LogP) is 4.71.